The van der Waals surface area contributed by atoms with Crippen LogP contribution in [0.25, 0.3) is 0 Å². The highest BCUT2D eigenvalue weighted by Crippen LogP contribution is 2.32. The number of alkyl halides is 3. The van der Waals surface area contributed by atoms with Crippen molar-refractivity contribution in [2.24, 2.45) is 5.92 Å². The van der Waals surface area contributed by atoms with Crippen LogP contribution in [0.3, 0.4) is 0 Å². The summed E-state index contributed by atoms with van der Waals surface area (Å²) in [5.74, 6) is -2.27. The Hall–Kier alpha value is -3.13. The van der Waals surface area contributed by atoms with E-state index in [1.54, 1.807) is 0 Å². The lowest BCUT2D eigenvalue weighted by atomic mass is 9.80. The number of carbonyl (C=O) groups excluding carboxylic acids is 3. The Balaban J connectivity index is 1.81. The predicted octanol–water partition coefficient (Wildman–Crippen LogP) is 4.47. The summed E-state index contributed by atoms with van der Waals surface area (Å²) >= 11 is 1.31. The van der Waals surface area contributed by atoms with Crippen LogP contribution in [0.2, 0.25) is 0 Å². The molecule has 1 fully saturated rings. The fraction of sp³-hybridized carbons (Fsp3) is 0.593. The summed E-state index contributed by atoms with van der Waals surface area (Å²) in [5, 5.41) is 13.5. The number of hydrogen-bond donors (Lipinski definition) is 2. The van der Waals surface area contributed by atoms with Crippen LogP contribution in [0.5, 0.6) is 5.75 Å². The van der Waals surface area contributed by atoms with Crippen LogP contribution in [-0.2, 0) is 4.79 Å². The number of ether oxygens (including phenoxy) is 1. The number of hydrogen-bond acceptors (Lipinski definition) is 9. The minimum atomic E-state index is -5.00. The molecule has 1 aliphatic rings. The van der Waals surface area contributed by atoms with Crippen molar-refractivity contribution in [2.75, 3.05) is 26.4 Å². The van der Waals surface area contributed by atoms with Crippen LogP contribution in [0.1, 0.15) is 73.4 Å². The van der Waals surface area contributed by atoms with Crippen molar-refractivity contribution in [3.8, 4) is 5.75 Å². The number of carbonyl (C=O) groups is 3. The second-order valence-corrected chi connectivity index (χ2v) is 11.7. The van der Waals surface area contributed by atoms with Crippen LogP contribution < -0.4 is 15.4 Å². The molecule has 10 nitrogen and oxygen atoms in total. The zero-order valence-corrected chi connectivity index (χ0v) is 24.4. The average Bonchev–Trinajstić information content (AvgIpc) is 3.36. The van der Waals surface area contributed by atoms with Crippen molar-refractivity contribution < 1.29 is 36.7 Å². The van der Waals surface area contributed by atoms with Gasteiger partial charge in [-0.1, -0.05) is 57.0 Å². The maximum Gasteiger partial charge on any atom is 0.573 e. The Morgan fingerprint density at radius 1 is 1.12 bits per heavy atom. The molecule has 2 amide bonds. The van der Waals surface area contributed by atoms with Gasteiger partial charge in [-0.25, -0.2) is 0 Å². The highest BCUT2D eigenvalue weighted by atomic mass is 32.2. The van der Waals surface area contributed by atoms with Crippen LogP contribution >= 0.6 is 11.8 Å². The monoisotopic (exact) mass is 599 g/mol. The summed E-state index contributed by atoms with van der Waals surface area (Å²) in [4.78, 5) is 42.4. The molecular weight excluding hydrogens is 563 g/mol. The van der Waals surface area contributed by atoms with Crippen LogP contribution in [-0.4, -0.2) is 77.0 Å². The van der Waals surface area contributed by atoms with Gasteiger partial charge in [-0.15, -0.1) is 23.4 Å². The standard InChI is InChI=1S/C27H36F3N5O5S/c1-17(2)16-19(21(36)23-33-34-25(39-23)41-15-14-35(3)4)31-24(38)26(12-8-5-9-13-26)32-22(37)18-10-6-7-11-20(18)40-27(28,29)30/h6-7,10-11,17,19H,5,8-9,12-16H2,1-4H3,(H,31,38)(H,32,37). The van der Waals surface area contributed by atoms with Gasteiger partial charge in [0.05, 0.1) is 11.6 Å². The van der Waals surface area contributed by atoms with Gasteiger partial charge in [0.25, 0.3) is 17.0 Å². The highest BCUT2D eigenvalue weighted by molar-refractivity contribution is 7.99. The minimum Gasteiger partial charge on any atom is -0.408 e. The van der Waals surface area contributed by atoms with E-state index in [-0.39, 0.29) is 41.9 Å². The fourth-order valence-corrected chi connectivity index (χ4v) is 5.42. The third kappa shape index (κ3) is 9.45. The van der Waals surface area contributed by atoms with Crippen molar-refractivity contribution >= 4 is 29.4 Å². The van der Waals surface area contributed by atoms with Crippen LogP contribution in [0.15, 0.2) is 33.9 Å². The van der Waals surface area contributed by atoms with Crippen LogP contribution in [0.4, 0.5) is 13.2 Å². The molecule has 1 saturated carbocycles. The Morgan fingerprint density at radius 3 is 2.44 bits per heavy atom. The lowest BCUT2D eigenvalue weighted by molar-refractivity contribution is -0.274. The summed E-state index contributed by atoms with van der Waals surface area (Å²) in [6, 6.07) is 3.93. The van der Waals surface area contributed by atoms with Gasteiger partial charge in [0, 0.05) is 12.3 Å². The van der Waals surface area contributed by atoms with Crippen molar-refractivity contribution in [2.45, 2.75) is 75.5 Å². The molecule has 1 aliphatic carbocycles. The third-order valence-electron chi connectivity index (χ3n) is 6.56. The Bertz CT molecular complexity index is 1200. The summed E-state index contributed by atoms with van der Waals surface area (Å²) in [5.41, 5.74) is -1.79. The van der Waals surface area contributed by atoms with Crippen molar-refractivity contribution in [3.05, 3.63) is 35.7 Å². The van der Waals surface area contributed by atoms with E-state index in [9.17, 15) is 27.6 Å². The molecule has 1 unspecified atom stereocenters. The number of halogens is 3. The lowest BCUT2D eigenvalue weighted by Gasteiger charge is -2.37. The summed E-state index contributed by atoms with van der Waals surface area (Å²) in [7, 11) is 3.86. The first kappa shape index (κ1) is 32.4. The van der Waals surface area contributed by atoms with Crippen molar-refractivity contribution in [1.82, 2.24) is 25.7 Å². The number of para-hydroxylation sites is 1. The van der Waals surface area contributed by atoms with Gasteiger partial charge < -0.3 is 24.7 Å². The van der Waals surface area contributed by atoms with Gasteiger partial charge in [-0.05, 0) is 51.4 Å². The minimum absolute atomic E-state index is 0.00407. The number of nitrogens with zero attached hydrogens (tertiary/aromatic N) is 3. The summed E-state index contributed by atoms with van der Waals surface area (Å²) in [6.45, 7) is 4.54. The van der Waals surface area contributed by atoms with Gasteiger partial charge >= 0.3 is 6.36 Å². The first-order valence-electron chi connectivity index (χ1n) is 13.4. The molecule has 1 atom stereocenters. The average molecular weight is 600 g/mol. The second-order valence-electron chi connectivity index (χ2n) is 10.7. The van der Waals surface area contributed by atoms with E-state index in [0.29, 0.717) is 18.6 Å². The SMILES string of the molecule is CC(C)CC(NC(=O)C1(NC(=O)c2ccccc2OC(F)(F)F)CCCCC1)C(=O)c1nnc(SCCN(C)C)o1. The molecular formula is C27H36F3N5O5S. The lowest BCUT2D eigenvalue weighted by Crippen LogP contribution is -2.62. The number of Topliss-reactive ketones (excluding diaryl/α,β-unsaturated/α-hetero) is 1. The van der Waals surface area contributed by atoms with Crippen molar-refractivity contribution in [1.29, 1.82) is 0 Å². The molecule has 0 aliphatic heterocycles. The molecule has 2 aromatic rings. The highest BCUT2D eigenvalue weighted by Gasteiger charge is 2.43. The van der Waals surface area contributed by atoms with E-state index in [2.05, 4.69) is 25.6 Å². The van der Waals surface area contributed by atoms with E-state index >= 15 is 0 Å². The molecule has 0 saturated heterocycles. The van der Waals surface area contributed by atoms with Gasteiger partial charge in [0.15, 0.2) is 0 Å². The number of nitrogens with one attached hydrogen (secondary N) is 2. The van der Waals surface area contributed by atoms with E-state index in [4.69, 9.17) is 4.42 Å². The van der Waals surface area contributed by atoms with E-state index in [1.165, 1.54) is 30.0 Å². The number of thioether (sulfide) groups is 1. The molecule has 41 heavy (non-hydrogen) atoms. The number of ketones is 1. The molecule has 0 spiro atoms. The quantitative estimate of drug-likeness (QED) is 0.253. The topological polar surface area (TPSA) is 127 Å². The molecule has 226 valence electrons. The maximum absolute atomic E-state index is 13.8. The first-order valence-corrected chi connectivity index (χ1v) is 14.4. The van der Waals surface area contributed by atoms with Crippen molar-refractivity contribution in [3.63, 3.8) is 0 Å². The zero-order valence-electron chi connectivity index (χ0n) is 23.5. The van der Waals surface area contributed by atoms with E-state index in [1.807, 2.05) is 32.8 Å². The van der Waals surface area contributed by atoms with Gasteiger partial charge in [0.1, 0.15) is 11.3 Å². The zero-order chi connectivity index (χ0) is 30.2. The molecule has 1 aromatic carbocycles. The number of benzene rings is 1. The van der Waals surface area contributed by atoms with Gasteiger partial charge in [-0.3, -0.25) is 14.4 Å². The number of rotatable bonds is 13. The molecule has 2 N–H and O–H groups in total. The van der Waals surface area contributed by atoms with Gasteiger partial charge in [0.2, 0.25) is 11.7 Å². The Labute approximate surface area is 241 Å². The molecule has 14 heteroatoms. The fourth-order valence-electron chi connectivity index (χ4n) is 4.55. The molecule has 1 aromatic heterocycles. The summed E-state index contributed by atoms with van der Waals surface area (Å²) in [6.07, 6.45) is -2.19. The molecule has 3 rings (SSSR count). The predicted molar refractivity (Wildman–Crippen MR) is 146 cm³/mol. The van der Waals surface area contributed by atoms with Crippen LogP contribution in [0, 0.1) is 5.92 Å². The van der Waals surface area contributed by atoms with E-state index in [0.717, 1.165) is 19.0 Å². The first-order chi connectivity index (χ1) is 19.3. The normalized spacial score (nSPS) is 15.9. The maximum atomic E-state index is 13.8. The van der Waals surface area contributed by atoms with E-state index < -0.39 is 41.3 Å². The summed E-state index contributed by atoms with van der Waals surface area (Å²) < 4.78 is 48.4. The number of aromatic nitrogens is 2. The van der Waals surface area contributed by atoms with Gasteiger partial charge in [-0.2, -0.15) is 0 Å². The molecule has 0 bridgehead atoms. The Kier molecular flexibility index (Phi) is 11.2. The molecule has 1 heterocycles. The second kappa shape index (κ2) is 14.2. The smallest absolute Gasteiger partial charge is 0.408 e. The largest absolute Gasteiger partial charge is 0.573 e. The third-order valence-corrected chi connectivity index (χ3v) is 7.36. The molecule has 0 radical (unpaired) electrons. The number of amides is 2. The Morgan fingerprint density at radius 2 is 1.80 bits per heavy atom.